The van der Waals surface area contributed by atoms with E-state index in [-0.39, 0.29) is 41.1 Å². The van der Waals surface area contributed by atoms with E-state index in [0.717, 1.165) is 99.8 Å². The molecule has 1 saturated carbocycles. The number of nitrogens with one attached hydrogen (secondary N) is 3. The fourth-order valence-corrected chi connectivity index (χ4v) is 11.8. The van der Waals surface area contributed by atoms with Crippen LogP contribution in [0, 0.1) is 17.3 Å². The van der Waals surface area contributed by atoms with Crippen molar-refractivity contribution >= 4 is 45.8 Å². The number of nitrogens with zero attached hydrogens (tertiary/aromatic N) is 6. The van der Waals surface area contributed by atoms with E-state index in [1.165, 1.54) is 51.0 Å². The van der Waals surface area contributed by atoms with Gasteiger partial charge in [-0.25, -0.2) is 14.6 Å². The molecule has 10 rings (SSSR count). The topological polar surface area (TPSA) is 186 Å². The maximum atomic E-state index is 13.9. The lowest BCUT2D eigenvalue weighted by Crippen LogP contribution is -2.51. The first-order chi connectivity index (χ1) is 33.4. The standard InChI is InChI=1S/C54H63N9O6/c1-30(2)45(60-52(66)68-5)50(64)62-23-11-15-43(62)48-56-29-42(59-48)35-18-19-36(34-14-8-7-13-33(34)35)47-38-27-54(21-9-10-22-54)26-37(38)39(28-55-47)32-17-20-40-41(25-32)58-49(57-40)44-16-12-24-63(44)51(65)46(31(3)4)61-53(67)69-6/h7-8,13-14,17-20,25,28-31,43-46H,9-12,15-16,21-24,26-27H2,1-6H3,(H4,55,56,57,58,59,60,61,66,67)/p-1/t43-,44-,45-,46-/m0/s1. The number of carbonyl (C=O) groups is 4. The number of rotatable bonds is 11. The molecule has 1 spiro atoms. The molecular weight excluding hydrogens is 871 g/mol. The first-order valence-electron chi connectivity index (χ1n) is 24.7. The minimum absolute atomic E-state index is 0.123. The molecule has 15 heteroatoms. The zero-order valence-corrected chi connectivity index (χ0v) is 40.4. The van der Waals surface area contributed by atoms with E-state index in [9.17, 15) is 19.2 Å². The Morgan fingerprint density at radius 2 is 1.33 bits per heavy atom. The third-order valence-electron chi connectivity index (χ3n) is 15.4. The van der Waals surface area contributed by atoms with E-state index in [0.29, 0.717) is 18.9 Å². The highest BCUT2D eigenvalue weighted by molar-refractivity contribution is 6.04. The van der Waals surface area contributed by atoms with Crippen LogP contribution in [-0.2, 0) is 31.9 Å². The number of likely N-dealkylation sites (tertiary alicyclic amines) is 2. The van der Waals surface area contributed by atoms with Crippen molar-refractivity contribution in [2.75, 3.05) is 27.3 Å². The monoisotopic (exact) mass is 932 g/mol. The average molecular weight is 933 g/mol. The molecule has 4 amide bonds. The van der Waals surface area contributed by atoms with Gasteiger partial charge < -0.3 is 44.9 Å². The van der Waals surface area contributed by atoms with Crippen molar-refractivity contribution in [2.45, 2.75) is 116 Å². The summed E-state index contributed by atoms with van der Waals surface area (Å²) >= 11 is 0. The first-order valence-corrected chi connectivity index (χ1v) is 24.7. The average Bonchev–Trinajstić information content (AvgIpc) is 4.23. The highest BCUT2D eigenvalue weighted by Gasteiger charge is 2.43. The molecule has 5 heterocycles. The van der Waals surface area contributed by atoms with E-state index >= 15 is 0 Å². The normalized spacial score (nSPS) is 19.5. The lowest BCUT2D eigenvalue weighted by molar-refractivity contribution is -0.136. The summed E-state index contributed by atoms with van der Waals surface area (Å²) in [6.45, 7) is 8.81. The van der Waals surface area contributed by atoms with Crippen LogP contribution < -0.4 is 15.6 Å². The van der Waals surface area contributed by atoms with E-state index in [4.69, 9.17) is 29.4 Å². The van der Waals surface area contributed by atoms with Gasteiger partial charge in [0, 0.05) is 42.0 Å². The Hall–Kier alpha value is -6.77. The van der Waals surface area contributed by atoms with Crippen LogP contribution >= 0.6 is 0 Å². The number of hydrogen-bond donors (Lipinski definition) is 3. The number of pyridine rings is 1. The van der Waals surface area contributed by atoms with Gasteiger partial charge >= 0.3 is 12.2 Å². The fourth-order valence-electron chi connectivity index (χ4n) is 11.8. The molecule has 3 fully saturated rings. The van der Waals surface area contributed by atoms with Crippen LogP contribution in [-0.4, -0.2) is 93.1 Å². The van der Waals surface area contributed by atoms with Gasteiger partial charge in [-0.1, -0.05) is 101 Å². The van der Waals surface area contributed by atoms with Crippen molar-refractivity contribution in [3.8, 4) is 33.6 Å². The molecule has 2 aliphatic carbocycles. The van der Waals surface area contributed by atoms with Gasteiger partial charge in [-0.3, -0.25) is 14.6 Å². The number of methoxy groups -OCH3 is 2. The third kappa shape index (κ3) is 8.47. The predicted molar refractivity (Wildman–Crippen MR) is 263 cm³/mol. The molecule has 15 nitrogen and oxygen atoms in total. The number of alkyl carbamates (subject to hydrolysis) is 2. The minimum atomic E-state index is -0.716. The Balaban J connectivity index is 0.964. The number of H-pyrrole nitrogens is 1. The van der Waals surface area contributed by atoms with Gasteiger partial charge in [0.25, 0.3) is 0 Å². The number of aromatic nitrogens is 5. The second kappa shape index (κ2) is 18.6. The van der Waals surface area contributed by atoms with Crippen LogP contribution in [0.25, 0.3) is 55.4 Å². The number of aromatic amines is 1. The van der Waals surface area contributed by atoms with Gasteiger partial charge in [-0.05, 0) is 107 Å². The van der Waals surface area contributed by atoms with Gasteiger partial charge in [0.05, 0.1) is 37.8 Å². The van der Waals surface area contributed by atoms with E-state index < -0.39 is 24.3 Å². The zero-order valence-electron chi connectivity index (χ0n) is 40.4. The molecule has 2 saturated heterocycles. The quantitative estimate of drug-likeness (QED) is 0.113. The van der Waals surface area contributed by atoms with Crippen LogP contribution in [0.4, 0.5) is 9.59 Å². The number of amides is 4. The highest BCUT2D eigenvalue weighted by Crippen LogP contribution is 2.53. The Bertz CT molecular complexity index is 2950. The molecule has 6 aromatic rings. The van der Waals surface area contributed by atoms with Gasteiger partial charge in [0.1, 0.15) is 17.9 Å². The molecule has 0 bridgehead atoms. The Morgan fingerprint density at radius 1 is 0.725 bits per heavy atom. The molecule has 4 aliphatic rings. The Labute approximate surface area is 402 Å². The maximum Gasteiger partial charge on any atom is 0.407 e. The molecule has 360 valence electrons. The molecule has 2 aliphatic heterocycles. The molecule has 3 N–H and O–H groups in total. The number of imidazole rings is 2. The first kappa shape index (κ1) is 46.0. The molecule has 0 radical (unpaired) electrons. The van der Waals surface area contributed by atoms with E-state index in [1.807, 2.05) is 49.8 Å². The maximum absolute atomic E-state index is 13.9. The minimum Gasteiger partial charge on any atom is -0.453 e. The zero-order chi connectivity index (χ0) is 48.1. The lowest BCUT2D eigenvalue weighted by Gasteiger charge is -2.32. The molecule has 0 unspecified atom stereocenters. The van der Waals surface area contributed by atoms with E-state index in [2.05, 4.69) is 70.3 Å². The molecule has 69 heavy (non-hydrogen) atoms. The van der Waals surface area contributed by atoms with Gasteiger partial charge in [0.2, 0.25) is 11.8 Å². The second-order valence-corrected chi connectivity index (χ2v) is 20.3. The molecule has 4 atom stereocenters. The second-order valence-electron chi connectivity index (χ2n) is 20.3. The summed E-state index contributed by atoms with van der Waals surface area (Å²) in [5, 5.41) is 7.67. The van der Waals surface area contributed by atoms with Crippen molar-refractivity contribution < 1.29 is 28.7 Å². The Morgan fingerprint density at radius 3 is 1.99 bits per heavy atom. The van der Waals surface area contributed by atoms with E-state index in [1.54, 1.807) is 0 Å². The summed E-state index contributed by atoms with van der Waals surface area (Å²) in [5.74, 6) is 0.810. The summed E-state index contributed by atoms with van der Waals surface area (Å²) in [6, 6.07) is 17.2. The smallest absolute Gasteiger partial charge is 0.407 e. The highest BCUT2D eigenvalue weighted by atomic mass is 16.5. The summed E-state index contributed by atoms with van der Waals surface area (Å²) in [4.78, 5) is 79.6. The van der Waals surface area contributed by atoms with Crippen LogP contribution in [0.3, 0.4) is 0 Å². The van der Waals surface area contributed by atoms with Crippen LogP contribution in [0.15, 0.2) is 67.0 Å². The number of hydrogen-bond acceptors (Lipinski definition) is 9. The summed E-state index contributed by atoms with van der Waals surface area (Å²) in [5.41, 5.74) is 10.6. The summed E-state index contributed by atoms with van der Waals surface area (Å²) < 4.78 is 9.67. The Kier molecular flexibility index (Phi) is 12.4. The van der Waals surface area contributed by atoms with Crippen molar-refractivity contribution in [3.05, 3.63) is 89.8 Å². The number of benzene rings is 3. The largest absolute Gasteiger partial charge is 0.453 e. The SMILES string of the molecule is COC(=O)N[C@H](C(=O)N1CCC[C@H]1c1nc2cc(-c3cnc(-c4ccc(-c5cnc([C@@H]6CCCN6C(=O)[C@@H](NC(=O)OC)C(C)C)[nH]5)c5ccccc45)c4c3CC3(CCCC3)C4)ccc2[n-]1)C(C)C. The van der Waals surface area contributed by atoms with Gasteiger partial charge in [-0.15, -0.1) is 0 Å². The summed E-state index contributed by atoms with van der Waals surface area (Å²) in [6.07, 6.45) is 12.7. The van der Waals surface area contributed by atoms with Crippen molar-refractivity contribution in [1.82, 2.24) is 45.4 Å². The lowest BCUT2D eigenvalue weighted by atomic mass is 9.82. The number of fused-ring (bicyclic) bond motifs is 3. The molecule has 3 aromatic carbocycles. The van der Waals surface area contributed by atoms with Crippen molar-refractivity contribution in [3.63, 3.8) is 0 Å². The molecular formula is C54H62N9O6-. The summed E-state index contributed by atoms with van der Waals surface area (Å²) in [7, 11) is 2.60. The number of ether oxygens (including phenoxy) is 2. The van der Waals surface area contributed by atoms with Crippen molar-refractivity contribution in [1.29, 1.82) is 0 Å². The fraction of sp³-hybridized carbons (Fsp3) is 0.463. The number of carbonyl (C=O) groups excluding carboxylic acids is 4. The molecule has 3 aromatic heterocycles. The third-order valence-corrected chi connectivity index (χ3v) is 15.4. The predicted octanol–water partition coefficient (Wildman–Crippen LogP) is 9.21. The van der Waals surface area contributed by atoms with Crippen LogP contribution in [0.1, 0.15) is 114 Å². The van der Waals surface area contributed by atoms with Crippen LogP contribution in [0.2, 0.25) is 0 Å². The van der Waals surface area contributed by atoms with Crippen molar-refractivity contribution in [2.24, 2.45) is 17.3 Å². The van der Waals surface area contributed by atoms with Crippen LogP contribution in [0.5, 0.6) is 0 Å². The van der Waals surface area contributed by atoms with Gasteiger partial charge in [0.15, 0.2) is 0 Å². The van der Waals surface area contributed by atoms with Gasteiger partial charge in [-0.2, -0.15) is 0 Å².